The number of pyridine rings is 1. The predicted octanol–water partition coefficient (Wildman–Crippen LogP) is 3.46. The van der Waals surface area contributed by atoms with Gasteiger partial charge < -0.3 is 15.5 Å². The molecule has 2 heterocycles. The minimum atomic E-state index is -0.704. The molecule has 1 aliphatic rings. The summed E-state index contributed by atoms with van der Waals surface area (Å²) < 4.78 is 14.2. The molecule has 1 fully saturated rings. The molecule has 2 N–H and O–H groups in total. The summed E-state index contributed by atoms with van der Waals surface area (Å²) in [4.78, 5) is 33.6. The van der Waals surface area contributed by atoms with E-state index in [9.17, 15) is 14.0 Å². The number of piperazine rings is 1. The van der Waals surface area contributed by atoms with Gasteiger partial charge in [0.1, 0.15) is 5.82 Å². The van der Waals surface area contributed by atoms with Gasteiger partial charge in [-0.2, -0.15) is 0 Å². The Morgan fingerprint density at radius 3 is 2.34 bits per heavy atom. The normalized spacial score (nSPS) is 14.9. The average molecular weight is 476 g/mol. The zero-order valence-electron chi connectivity index (χ0n) is 20.0. The monoisotopic (exact) mass is 475 g/mol. The molecule has 1 atom stereocenters. The van der Waals surface area contributed by atoms with Crippen molar-refractivity contribution in [3.05, 3.63) is 89.5 Å². The smallest absolute Gasteiger partial charge is 0.313 e. The van der Waals surface area contributed by atoms with Gasteiger partial charge in [0, 0.05) is 50.8 Å². The second-order valence-electron chi connectivity index (χ2n) is 8.82. The van der Waals surface area contributed by atoms with Crippen molar-refractivity contribution in [3.63, 3.8) is 0 Å². The summed E-state index contributed by atoms with van der Waals surface area (Å²) in [7, 11) is 0. The van der Waals surface area contributed by atoms with E-state index in [-0.39, 0.29) is 18.4 Å². The van der Waals surface area contributed by atoms with E-state index in [1.54, 1.807) is 24.5 Å². The summed E-state index contributed by atoms with van der Waals surface area (Å²) in [6.07, 6.45) is 3.47. The first-order valence-corrected chi connectivity index (χ1v) is 11.7. The van der Waals surface area contributed by atoms with Crippen LogP contribution < -0.4 is 15.5 Å². The fourth-order valence-corrected chi connectivity index (χ4v) is 4.52. The van der Waals surface area contributed by atoms with Crippen LogP contribution in [-0.2, 0) is 9.59 Å². The van der Waals surface area contributed by atoms with E-state index in [0.717, 1.165) is 16.7 Å². The molecule has 2 amide bonds. The van der Waals surface area contributed by atoms with E-state index >= 15 is 0 Å². The second kappa shape index (κ2) is 11.1. The Hall–Kier alpha value is -3.78. The Bertz CT molecular complexity index is 1160. The number of nitrogens with one attached hydrogen (secondary N) is 2. The van der Waals surface area contributed by atoms with Crippen LogP contribution >= 0.6 is 0 Å². The van der Waals surface area contributed by atoms with Crippen LogP contribution in [0, 0.1) is 19.7 Å². The zero-order valence-corrected chi connectivity index (χ0v) is 20.0. The van der Waals surface area contributed by atoms with Crippen molar-refractivity contribution in [1.29, 1.82) is 0 Å². The average Bonchev–Trinajstić information content (AvgIpc) is 2.85. The lowest BCUT2D eigenvalue weighted by molar-refractivity contribution is -0.136. The molecule has 1 unspecified atom stereocenters. The number of para-hydroxylation sites is 1. The number of aryl methyl sites for hydroxylation is 2. The van der Waals surface area contributed by atoms with Gasteiger partial charge in [-0.15, -0.1) is 0 Å². The molecule has 0 saturated carbocycles. The molecule has 3 aromatic rings. The fourth-order valence-electron chi connectivity index (χ4n) is 4.52. The number of hydrogen-bond acceptors (Lipinski definition) is 5. The van der Waals surface area contributed by atoms with E-state index in [0.29, 0.717) is 37.6 Å². The van der Waals surface area contributed by atoms with Crippen LogP contribution in [-0.4, -0.2) is 54.4 Å². The van der Waals surface area contributed by atoms with Crippen molar-refractivity contribution < 1.29 is 14.0 Å². The molecule has 8 heteroatoms. The Morgan fingerprint density at radius 1 is 0.971 bits per heavy atom. The van der Waals surface area contributed by atoms with Gasteiger partial charge in [0.2, 0.25) is 0 Å². The molecule has 1 aromatic heterocycles. The lowest BCUT2D eigenvalue weighted by Gasteiger charge is -2.40. The Labute approximate surface area is 205 Å². The quantitative estimate of drug-likeness (QED) is 0.534. The molecule has 0 radical (unpaired) electrons. The van der Waals surface area contributed by atoms with Crippen molar-refractivity contribution in [2.45, 2.75) is 19.9 Å². The van der Waals surface area contributed by atoms with E-state index in [1.165, 1.54) is 6.07 Å². The molecule has 4 rings (SSSR count). The molecule has 182 valence electrons. The number of carbonyl (C=O) groups excluding carboxylic acids is 2. The van der Waals surface area contributed by atoms with Crippen molar-refractivity contribution in [2.24, 2.45) is 0 Å². The van der Waals surface area contributed by atoms with Crippen molar-refractivity contribution in [1.82, 2.24) is 15.2 Å². The maximum Gasteiger partial charge on any atom is 0.313 e. The van der Waals surface area contributed by atoms with Crippen molar-refractivity contribution >= 4 is 23.2 Å². The minimum absolute atomic E-state index is 0.163. The number of amides is 2. The van der Waals surface area contributed by atoms with E-state index < -0.39 is 11.8 Å². The third-order valence-electron chi connectivity index (χ3n) is 6.16. The van der Waals surface area contributed by atoms with Crippen molar-refractivity contribution in [2.75, 3.05) is 42.9 Å². The van der Waals surface area contributed by atoms with E-state index in [1.807, 2.05) is 55.1 Å². The summed E-state index contributed by atoms with van der Waals surface area (Å²) in [5.41, 5.74) is 4.15. The van der Waals surface area contributed by atoms with Crippen LogP contribution in [0.5, 0.6) is 0 Å². The third kappa shape index (κ3) is 6.22. The lowest BCUT2D eigenvalue weighted by Crippen LogP contribution is -2.50. The van der Waals surface area contributed by atoms with Gasteiger partial charge in [-0.1, -0.05) is 24.3 Å². The van der Waals surface area contributed by atoms with E-state index in [2.05, 4.69) is 20.5 Å². The molecule has 7 nitrogen and oxygen atoms in total. The zero-order chi connectivity index (χ0) is 24.8. The fraction of sp³-hybridized carbons (Fsp3) is 0.296. The topological polar surface area (TPSA) is 77.6 Å². The number of carbonyl (C=O) groups is 2. The number of nitrogens with zero attached hydrogens (tertiary/aromatic N) is 3. The number of halogens is 1. The third-order valence-corrected chi connectivity index (χ3v) is 6.16. The van der Waals surface area contributed by atoms with Crippen LogP contribution in [0.2, 0.25) is 0 Å². The Balaban J connectivity index is 1.40. The number of benzene rings is 2. The summed E-state index contributed by atoms with van der Waals surface area (Å²) in [5.74, 6) is -1.63. The van der Waals surface area contributed by atoms with Gasteiger partial charge in [0.25, 0.3) is 0 Å². The summed E-state index contributed by atoms with van der Waals surface area (Å²) in [6, 6.07) is 16.1. The predicted molar refractivity (Wildman–Crippen MR) is 135 cm³/mol. The van der Waals surface area contributed by atoms with Gasteiger partial charge in [-0.25, -0.2) is 4.39 Å². The minimum Gasteiger partial charge on any atom is -0.367 e. The first kappa shape index (κ1) is 24.3. The molecule has 0 spiro atoms. The van der Waals surface area contributed by atoms with Gasteiger partial charge in [-0.05, 0) is 60.9 Å². The largest absolute Gasteiger partial charge is 0.367 e. The van der Waals surface area contributed by atoms with E-state index in [4.69, 9.17) is 0 Å². The number of hydrogen-bond donors (Lipinski definition) is 2. The summed E-state index contributed by atoms with van der Waals surface area (Å²) in [6.45, 7) is 6.79. The van der Waals surface area contributed by atoms with Gasteiger partial charge in [0.15, 0.2) is 0 Å². The molecule has 35 heavy (non-hydrogen) atoms. The number of anilines is 2. The molecule has 2 aromatic carbocycles. The molecule has 0 aliphatic carbocycles. The molecular weight excluding hydrogens is 445 g/mol. The lowest BCUT2D eigenvalue weighted by atomic mass is 10.1. The molecular formula is C27H30FN5O2. The number of rotatable bonds is 6. The SMILES string of the molecule is Cc1cc(C)cc(NC(=O)C(=O)NCC(c2cccnc2)N2CCN(c3ccccc3F)CC2)c1. The Morgan fingerprint density at radius 2 is 1.69 bits per heavy atom. The molecule has 1 saturated heterocycles. The maximum absolute atomic E-state index is 14.2. The highest BCUT2D eigenvalue weighted by Gasteiger charge is 2.27. The first-order valence-electron chi connectivity index (χ1n) is 11.7. The van der Waals surface area contributed by atoms with Gasteiger partial charge in [0.05, 0.1) is 11.7 Å². The molecule has 1 aliphatic heterocycles. The Kier molecular flexibility index (Phi) is 7.72. The van der Waals surface area contributed by atoms with Crippen molar-refractivity contribution in [3.8, 4) is 0 Å². The number of aromatic nitrogens is 1. The van der Waals surface area contributed by atoms with Gasteiger partial charge in [-0.3, -0.25) is 19.5 Å². The highest BCUT2D eigenvalue weighted by Crippen LogP contribution is 2.25. The van der Waals surface area contributed by atoms with Crippen LogP contribution in [0.25, 0.3) is 0 Å². The summed E-state index contributed by atoms with van der Waals surface area (Å²) in [5, 5.41) is 5.46. The highest BCUT2D eigenvalue weighted by atomic mass is 19.1. The maximum atomic E-state index is 14.2. The van der Waals surface area contributed by atoms with Crippen LogP contribution in [0.3, 0.4) is 0 Å². The molecule has 0 bridgehead atoms. The second-order valence-corrected chi connectivity index (χ2v) is 8.82. The highest BCUT2D eigenvalue weighted by molar-refractivity contribution is 6.39. The standard InChI is InChI=1S/C27H30FN5O2/c1-19-14-20(2)16-22(15-19)31-27(35)26(34)30-18-25(21-6-5-9-29-17-21)33-12-10-32(11-13-33)24-8-4-3-7-23(24)28/h3-9,14-17,25H,10-13,18H2,1-2H3,(H,30,34)(H,31,35). The first-order chi connectivity index (χ1) is 16.9. The van der Waals surface area contributed by atoms with Crippen LogP contribution in [0.15, 0.2) is 67.0 Å². The van der Waals surface area contributed by atoms with Gasteiger partial charge >= 0.3 is 11.8 Å². The van der Waals surface area contributed by atoms with Crippen LogP contribution in [0.4, 0.5) is 15.8 Å². The summed E-state index contributed by atoms with van der Waals surface area (Å²) >= 11 is 0. The van der Waals surface area contributed by atoms with Crippen LogP contribution in [0.1, 0.15) is 22.7 Å².